The third kappa shape index (κ3) is 3.63. The number of nitro groups is 1. The van der Waals surface area contributed by atoms with Crippen molar-refractivity contribution < 1.29 is 19.2 Å². The van der Waals surface area contributed by atoms with E-state index in [1.54, 1.807) is 0 Å². The van der Waals surface area contributed by atoms with Crippen molar-refractivity contribution in [2.45, 2.75) is 0 Å². The molecule has 2 aromatic carbocycles. The number of carbonyl (C=O) groups excluding carboxylic acids is 1. The van der Waals surface area contributed by atoms with Gasteiger partial charge in [0, 0.05) is 17.2 Å². The van der Waals surface area contributed by atoms with Crippen molar-refractivity contribution in [3.63, 3.8) is 0 Å². The van der Waals surface area contributed by atoms with Gasteiger partial charge in [-0.2, -0.15) is 5.10 Å². The second-order valence-electron chi connectivity index (χ2n) is 4.21. The van der Waals surface area contributed by atoms with E-state index in [0.29, 0.717) is 5.56 Å². The van der Waals surface area contributed by atoms with Crippen LogP contribution in [0.5, 0.6) is 5.75 Å². The van der Waals surface area contributed by atoms with Gasteiger partial charge in [0.15, 0.2) is 5.75 Å². The van der Waals surface area contributed by atoms with Crippen molar-refractivity contribution in [3.8, 4) is 5.75 Å². The van der Waals surface area contributed by atoms with Crippen LogP contribution in [0.4, 0.5) is 10.1 Å². The van der Waals surface area contributed by atoms with Crippen molar-refractivity contribution in [2.75, 3.05) is 0 Å². The highest BCUT2D eigenvalue weighted by Gasteiger charge is 2.12. The molecule has 2 rings (SSSR count). The minimum absolute atomic E-state index is 0.218. The fourth-order valence-corrected chi connectivity index (χ4v) is 1.60. The molecule has 8 heteroatoms. The Morgan fingerprint density at radius 3 is 2.59 bits per heavy atom. The molecule has 2 aromatic rings. The summed E-state index contributed by atoms with van der Waals surface area (Å²) in [7, 11) is 0. The van der Waals surface area contributed by atoms with Gasteiger partial charge in [-0.1, -0.05) is 0 Å². The second kappa shape index (κ2) is 6.44. The van der Waals surface area contributed by atoms with Crippen LogP contribution in [0.2, 0.25) is 0 Å². The average Bonchev–Trinajstić information content (AvgIpc) is 2.49. The largest absolute Gasteiger partial charge is 0.502 e. The predicted molar refractivity (Wildman–Crippen MR) is 76.2 cm³/mol. The van der Waals surface area contributed by atoms with Crippen molar-refractivity contribution in [1.29, 1.82) is 0 Å². The van der Waals surface area contributed by atoms with E-state index in [4.69, 9.17) is 0 Å². The number of hydrogen-bond donors (Lipinski definition) is 2. The van der Waals surface area contributed by atoms with Gasteiger partial charge in [0.05, 0.1) is 11.1 Å². The number of amides is 1. The number of benzene rings is 2. The predicted octanol–water partition coefficient (Wildman–Crippen LogP) is 2.20. The number of phenols is 1. The summed E-state index contributed by atoms with van der Waals surface area (Å²) in [6, 6.07) is 8.54. The number of halogens is 1. The minimum Gasteiger partial charge on any atom is -0.502 e. The van der Waals surface area contributed by atoms with Crippen LogP contribution in [0, 0.1) is 15.9 Å². The lowest BCUT2D eigenvalue weighted by Crippen LogP contribution is -2.17. The Bertz CT molecular complexity index is 744. The first-order chi connectivity index (χ1) is 10.5. The van der Waals surface area contributed by atoms with Crippen LogP contribution in [0.1, 0.15) is 15.9 Å². The van der Waals surface area contributed by atoms with Gasteiger partial charge in [0.2, 0.25) is 0 Å². The molecule has 0 aliphatic heterocycles. The number of hydrogen-bond acceptors (Lipinski definition) is 5. The Kier molecular flexibility index (Phi) is 4.42. The van der Waals surface area contributed by atoms with Crippen LogP contribution in [0.15, 0.2) is 47.6 Å². The third-order valence-electron chi connectivity index (χ3n) is 2.68. The summed E-state index contributed by atoms with van der Waals surface area (Å²) < 4.78 is 12.7. The molecule has 0 aromatic heterocycles. The molecule has 0 atom stereocenters. The highest BCUT2D eigenvalue weighted by Crippen LogP contribution is 2.25. The summed E-state index contributed by atoms with van der Waals surface area (Å²) in [6.07, 6.45) is 1.19. The minimum atomic E-state index is -0.732. The molecule has 0 heterocycles. The number of nitro benzene ring substituents is 1. The van der Waals surface area contributed by atoms with E-state index in [9.17, 15) is 24.4 Å². The van der Waals surface area contributed by atoms with Crippen LogP contribution in [0.25, 0.3) is 0 Å². The maximum absolute atomic E-state index is 12.7. The standard InChI is InChI=1S/C14H10FN3O4/c15-11-4-2-10(3-5-11)14(20)17-16-8-9-1-6-13(19)12(7-9)18(21)22/h1-8,19H,(H,17,20)/b16-8-. The van der Waals surface area contributed by atoms with Crippen LogP contribution in [0.3, 0.4) is 0 Å². The number of rotatable bonds is 4. The van der Waals surface area contributed by atoms with Gasteiger partial charge in [0.1, 0.15) is 5.82 Å². The number of phenolic OH excluding ortho intramolecular Hbond substituents is 1. The summed E-state index contributed by atoms with van der Waals surface area (Å²) in [4.78, 5) is 21.6. The topological polar surface area (TPSA) is 105 Å². The Hall–Kier alpha value is -3.29. The first-order valence-electron chi connectivity index (χ1n) is 6.04. The number of nitrogens with zero attached hydrogens (tertiary/aromatic N) is 2. The molecule has 7 nitrogen and oxygen atoms in total. The van der Waals surface area contributed by atoms with Crippen molar-refractivity contribution in [2.24, 2.45) is 5.10 Å². The molecular formula is C14H10FN3O4. The quantitative estimate of drug-likeness (QED) is 0.513. The molecule has 0 fully saturated rings. The summed E-state index contributed by atoms with van der Waals surface area (Å²) in [6.45, 7) is 0. The van der Waals surface area contributed by atoms with E-state index in [-0.39, 0.29) is 5.56 Å². The van der Waals surface area contributed by atoms with Gasteiger partial charge in [-0.3, -0.25) is 14.9 Å². The van der Waals surface area contributed by atoms with Gasteiger partial charge >= 0.3 is 5.69 Å². The van der Waals surface area contributed by atoms with E-state index < -0.39 is 28.1 Å². The number of aromatic hydroxyl groups is 1. The lowest BCUT2D eigenvalue weighted by molar-refractivity contribution is -0.385. The molecule has 0 spiro atoms. The van der Waals surface area contributed by atoms with E-state index in [1.165, 1.54) is 24.4 Å². The first-order valence-corrected chi connectivity index (χ1v) is 6.04. The zero-order chi connectivity index (χ0) is 16.1. The van der Waals surface area contributed by atoms with Gasteiger partial charge in [0.25, 0.3) is 5.91 Å². The van der Waals surface area contributed by atoms with Crippen molar-refractivity contribution in [3.05, 3.63) is 69.5 Å². The number of nitrogens with one attached hydrogen (secondary N) is 1. The van der Waals surface area contributed by atoms with Crippen molar-refractivity contribution in [1.82, 2.24) is 5.43 Å². The smallest absolute Gasteiger partial charge is 0.311 e. The Balaban J connectivity index is 2.06. The molecule has 0 aliphatic carbocycles. The number of hydrazone groups is 1. The molecule has 0 radical (unpaired) electrons. The zero-order valence-electron chi connectivity index (χ0n) is 11.1. The molecule has 22 heavy (non-hydrogen) atoms. The van der Waals surface area contributed by atoms with Crippen molar-refractivity contribution >= 4 is 17.8 Å². The third-order valence-corrected chi connectivity index (χ3v) is 2.68. The SMILES string of the molecule is O=C(N/N=C\c1ccc(O)c([N+](=O)[O-])c1)c1ccc(F)cc1. The molecule has 0 aliphatic rings. The summed E-state index contributed by atoms with van der Waals surface area (Å²) in [5.41, 5.74) is 2.28. The van der Waals surface area contributed by atoms with Gasteiger partial charge < -0.3 is 5.11 Å². The molecule has 0 saturated heterocycles. The average molecular weight is 303 g/mol. The van der Waals surface area contributed by atoms with Gasteiger partial charge in [-0.05, 0) is 36.4 Å². The summed E-state index contributed by atoms with van der Waals surface area (Å²) in [5.74, 6) is -1.47. The zero-order valence-corrected chi connectivity index (χ0v) is 11.1. The molecule has 1 amide bonds. The van der Waals surface area contributed by atoms with E-state index in [0.717, 1.165) is 24.3 Å². The Morgan fingerprint density at radius 2 is 1.95 bits per heavy atom. The van der Waals surface area contributed by atoms with Crippen LogP contribution in [-0.4, -0.2) is 22.2 Å². The Labute approximate surface area is 123 Å². The van der Waals surface area contributed by atoms with Crippen LogP contribution >= 0.6 is 0 Å². The molecule has 2 N–H and O–H groups in total. The lowest BCUT2D eigenvalue weighted by Gasteiger charge is -2.00. The second-order valence-corrected chi connectivity index (χ2v) is 4.21. The van der Waals surface area contributed by atoms with Crippen LogP contribution < -0.4 is 5.43 Å². The number of carbonyl (C=O) groups is 1. The highest BCUT2D eigenvalue weighted by atomic mass is 19.1. The monoisotopic (exact) mass is 303 g/mol. The normalized spacial score (nSPS) is 10.6. The highest BCUT2D eigenvalue weighted by molar-refractivity contribution is 5.94. The maximum Gasteiger partial charge on any atom is 0.311 e. The molecule has 112 valence electrons. The fraction of sp³-hybridized carbons (Fsp3) is 0. The Morgan fingerprint density at radius 1 is 1.27 bits per heavy atom. The lowest BCUT2D eigenvalue weighted by atomic mass is 10.2. The molecule has 0 unspecified atom stereocenters. The maximum atomic E-state index is 12.7. The fourth-order valence-electron chi connectivity index (χ4n) is 1.60. The van der Waals surface area contributed by atoms with Gasteiger partial charge in [-0.15, -0.1) is 0 Å². The van der Waals surface area contributed by atoms with Crippen LogP contribution in [-0.2, 0) is 0 Å². The first kappa shape index (κ1) is 15.1. The molecule has 0 saturated carbocycles. The van der Waals surface area contributed by atoms with Gasteiger partial charge in [-0.25, -0.2) is 9.82 Å². The molecule has 0 bridgehead atoms. The summed E-state index contributed by atoms with van der Waals surface area (Å²) >= 11 is 0. The van der Waals surface area contributed by atoms with E-state index in [2.05, 4.69) is 10.5 Å². The van der Waals surface area contributed by atoms with E-state index >= 15 is 0 Å². The molecular weight excluding hydrogens is 293 g/mol. The van der Waals surface area contributed by atoms with E-state index in [1.807, 2.05) is 0 Å². The summed E-state index contributed by atoms with van der Waals surface area (Å²) in [5, 5.41) is 23.6.